The third-order valence-electron chi connectivity index (χ3n) is 2.32. The van der Waals surface area contributed by atoms with Gasteiger partial charge in [0.15, 0.2) is 5.92 Å². The molecule has 0 aromatic carbocycles. The minimum atomic E-state index is -1.00. The molecule has 0 amide bonds. The number of aliphatic hydroxyl groups excluding tert-OH is 1. The van der Waals surface area contributed by atoms with Gasteiger partial charge < -0.3 is 9.84 Å². The predicted molar refractivity (Wildman–Crippen MR) is 69.1 cm³/mol. The Balaban J connectivity index is 2.80. The smallest absolute Gasteiger partial charge is 0.321 e. The lowest BCUT2D eigenvalue weighted by molar-refractivity contribution is -0.148. The molecule has 0 bridgehead atoms. The summed E-state index contributed by atoms with van der Waals surface area (Å²) in [6.07, 6.45) is 2.69. The Bertz CT molecular complexity index is 468. The van der Waals surface area contributed by atoms with Crippen LogP contribution in [0.2, 0.25) is 0 Å². The first kappa shape index (κ1) is 15.0. The van der Waals surface area contributed by atoms with Crippen LogP contribution in [0.15, 0.2) is 23.3 Å². The van der Waals surface area contributed by atoms with Crippen molar-refractivity contribution in [2.75, 3.05) is 6.61 Å². The molecule has 19 heavy (non-hydrogen) atoms. The summed E-state index contributed by atoms with van der Waals surface area (Å²) in [7, 11) is 0. The fourth-order valence-electron chi connectivity index (χ4n) is 1.31. The first-order valence-electron chi connectivity index (χ1n) is 5.85. The number of aliphatic imine (C=N–C) groups is 1. The Morgan fingerprint density at radius 3 is 2.74 bits per heavy atom. The van der Waals surface area contributed by atoms with Crippen LogP contribution in [0.3, 0.4) is 0 Å². The molecular weight excluding hydrogens is 248 g/mol. The molecule has 0 aliphatic heterocycles. The van der Waals surface area contributed by atoms with Crippen molar-refractivity contribution < 1.29 is 19.4 Å². The van der Waals surface area contributed by atoms with Crippen LogP contribution in [0.5, 0.6) is 0 Å². The number of carbonyl (C=O) groups excluding carboxylic acids is 2. The highest BCUT2D eigenvalue weighted by molar-refractivity contribution is 6.11. The Kier molecular flexibility index (Phi) is 5.81. The van der Waals surface area contributed by atoms with Crippen LogP contribution in [-0.2, 0) is 20.9 Å². The molecule has 0 radical (unpaired) electrons. The minimum Gasteiger partial charge on any atom is -0.465 e. The molecule has 0 saturated heterocycles. The van der Waals surface area contributed by atoms with E-state index in [0.29, 0.717) is 11.4 Å². The molecule has 1 aromatic rings. The van der Waals surface area contributed by atoms with Crippen LogP contribution in [0.1, 0.15) is 19.5 Å². The van der Waals surface area contributed by atoms with Crippen LogP contribution in [0, 0.1) is 5.92 Å². The number of pyridine rings is 1. The van der Waals surface area contributed by atoms with E-state index in [0.717, 1.165) is 0 Å². The van der Waals surface area contributed by atoms with Crippen molar-refractivity contribution in [1.29, 1.82) is 0 Å². The fourth-order valence-corrected chi connectivity index (χ4v) is 1.31. The highest BCUT2D eigenvalue weighted by atomic mass is 16.5. The second-order valence-corrected chi connectivity index (χ2v) is 3.78. The Labute approximate surface area is 111 Å². The second kappa shape index (κ2) is 7.38. The van der Waals surface area contributed by atoms with E-state index < -0.39 is 11.9 Å². The maximum Gasteiger partial charge on any atom is 0.321 e. The molecule has 1 heterocycles. The number of hydrogen-bond acceptors (Lipinski definition) is 6. The third-order valence-corrected chi connectivity index (χ3v) is 2.32. The molecule has 1 N–H and O–H groups in total. The normalized spacial score (nSPS) is 12.4. The van der Waals surface area contributed by atoms with E-state index in [9.17, 15) is 9.59 Å². The van der Waals surface area contributed by atoms with Crippen LogP contribution >= 0.6 is 0 Å². The van der Waals surface area contributed by atoms with Gasteiger partial charge in [-0.15, -0.1) is 0 Å². The van der Waals surface area contributed by atoms with Gasteiger partial charge in [-0.25, -0.2) is 0 Å². The number of ether oxygens (including phenoxy) is 1. The summed E-state index contributed by atoms with van der Waals surface area (Å²) in [6, 6.07) is 3.25. The number of Topliss-reactive ketones (excluding diaryl/α,β-unsaturated/α-hetero) is 1. The van der Waals surface area contributed by atoms with E-state index in [2.05, 4.69) is 9.98 Å². The molecular formula is C13H16N2O4. The van der Waals surface area contributed by atoms with E-state index in [4.69, 9.17) is 9.84 Å². The van der Waals surface area contributed by atoms with Gasteiger partial charge in [0.25, 0.3) is 0 Å². The summed E-state index contributed by atoms with van der Waals surface area (Å²) in [6.45, 7) is 3.04. The summed E-state index contributed by atoms with van der Waals surface area (Å²) in [5, 5.41) is 8.84. The number of carbonyl (C=O) groups is 2. The standard InChI is InChI=1S/C13H16N2O4/c1-3-19-13(18)12(9(2)17)7-15-10-4-5-11(8-16)14-6-10/h4-7,12,16H,3,8H2,1-2H3. The number of rotatable bonds is 6. The summed E-state index contributed by atoms with van der Waals surface area (Å²) >= 11 is 0. The first-order valence-corrected chi connectivity index (χ1v) is 5.85. The zero-order valence-corrected chi connectivity index (χ0v) is 10.9. The summed E-state index contributed by atoms with van der Waals surface area (Å²) in [5.74, 6) is -1.95. The average molecular weight is 264 g/mol. The molecule has 0 fully saturated rings. The van der Waals surface area contributed by atoms with Crippen LogP contribution in [0.4, 0.5) is 5.69 Å². The van der Waals surface area contributed by atoms with Gasteiger partial charge in [-0.3, -0.25) is 19.6 Å². The van der Waals surface area contributed by atoms with Crippen molar-refractivity contribution in [1.82, 2.24) is 4.98 Å². The van der Waals surface area contributed by atoms with Crippen LogP contribution < -0.4 is 0 Å². The molecule has 0 aliphatic rings. The molecule has 0 aliphatic carbocycles. The van der Waals surface area contributed by atoms with Gasteiger partial charge in [0.2, 0.25) is 0 Å². The van der Waals surface area contributed by atoms with Gasteiger partial charge in [-0.1, -0.05) is 0 Å². The number of nitrogens with zero attached hydrogens (tertiary/aromatic N) is 2. The van der Waals surface area contributed by atoms with E-state index in [1.807, 2.05) is 0 Å². The number of hydrogen-bond donors (Lipinski definition) is 1. The number of ketones is 1. The third kappa shape index (κ3) is 4.59. The summed E-state index contributed by atoms with van der Waals surface area (Å²) < 4.78 is 4.79. The largest absolute Gasteiger partial charge is 0.465 e. The number of aromatic nitrogens is 1. The van der Waals surface area contributed by atoms with Gasteiger partial charge in [0.05, 0.1) is 30.8 Å². The van der Waals surface area contributed by atoms with Gasteiger partial charge >= 0.3 is 5.97 Å². The van der Waals surface area contributed by atoms with Gasteiger partial charge in [-0.2, -0.15) is 0 Å². The Hall–Kier alpha value is -2.08. The molecule has 1 unspecified atom stereocenters. The zero-order valence-electron chi connectivity index (χ0n) is 10.9. The maximum absolute atomic E-state index is 11.5. The van der Waals surface area contributed by atoms with E-state index in [1.165, 1.54) is 19.3 Å². The lowest BCUT2D eigenvalue weighted by Crippen LogP contribution is -2.25. The van der Waals surface area contributed by atoms with Crippen molar-refractivity contribution in [2.24, 2.45) is 10.9 Å². The van der Waals surface area contributed by atoms with E-state index in [1.54, 1.807) is 19.1 Å². The molecule has 1 aromatic heterocycles. The van der Waals surface area contributed by atoms with Gasteiger partial charge in [-0.05, 0) is 26.0 Å². The molecule has 1 rings (SSSR count). The molecule has 1 atom stereocenters. The highest BCUT2D eigenvalue weighted by Crippen LogP contribution is 2.11. The number of aliphatic hydroxyl groups is 1. The van der Waals surface area contributed by atoms with Crippen molar-refractivity contribution in [3.8, 4) is 0 Å². The lowest BCUT2D eigenvalue weighted by Gasteiger charge is -2.07. The molecule has 0 saturated carbocycles. The molecule has 102 valence electrons. The van der Waals surface area contributed by atoms with Gasteiger partial charge in [0.1, 0.15) is 5.78 Å². The summed E-state index contributed by atoms with van der Waals surface area (Å²) in [5.41, 5.74) is 1.01. The molecule has 0 spiro atoms. The average Bonchev–Trinajstić information content (AvgIpc) is 2.39. The van der Waals surface area contributed by atoms with Crippen LogP contribution in [-0.4, -0.2) is 34.7 Å². The lowest BCUT2D eigenvalue weighted by atomic mass is 10.1. The first-order chi connectivity index (χ1) is 9.08. The SMILES string of the molecule is CCOC(=O)C(C=Nc1ccc(CO)nc1)C(C)=O. The van der Waals surface area contributed by atoms with Crippen LogP contribution in [0.25, 0.3) is 0 Å². The fraction of sp³-hybridized carbons (Fsp3) is 0.385. The molecule has 6 heteroatoms. The Morgan fingerprint density at radius 1 is 1.53 bits per heavy atom. The predicted octanol–water partition coefficient (Wildman–Crippen LogP) is 1.04. The quantitative estimate of drug-likeness (QED) is 0.471. The monoisotopic (exact) mass is 264 g/mol. The van der Waals surface area contributed by atoms with E-state index >= 15 is 0 Å². The van der Waals surface area contributed by atoms with Crippen molar-refractivity contribution in [3.63, 3.8) is 0 Å². The summed E-state index contributed by atoms with van der Waals surface area (Å²) in [4.78, 5) is 30.8. The zero-order chi connectivity index (χ0) is 14.3. The van der Waals surface area contributed by atoms with Crippen molar-refractivity contribution >= 4 is 23.7 Å². The minimum absolute atomic E-state index is 0.150. The van der Waals surface area contributed by atoms with Crippen molar-refractivity contribution in [2.45, 2.75) is 20.5 Å². The van der Waals surface area contributed by atoms with E-state index in [-0.39, 0.29) is 19.0 Å². The van der Waals surface area contributed by atoms with Crippen molar-refractivity contribution in [3.05, 3.63) is 24.0 Å². The maximum atomic E-state index is 11.5. The topological polar surface area (TPSA) is 88.8 Å². The second-order valence-electron chi connectivity index (χ2n) is 3.78. The number of esters is 1. The highest BCUT2D eigenvalue weighted by Gasteiger charge is 2.22. The molecule has 6 nitrogen and oxygen atoms in total. The Morgan fingerprint density at radius 2 is 2.26 bits per heavy atom. The van der Waals surface area contributed by atoms with Gasteiger partial charge in [0, 0.05) is 6.21 Å².